The molecule has 1 aliphatic heterocycles. The quantitative estimate of drug-likeness (QED) is 0.599. The van der Waals surface area contributed by atoms with Gasteiger partial charge in [0, 0.05) is 22.9 Å². The van der Waals surface area contributed by atoms with Gasteiger partial charge in [0.25, 0.3) is 0 Å². The molecule has 35 heavy (non-hydrogen) atoms. The van der Waals surface area contributed by atoms with E-state index in [-0.39, 0.29) is 36.4 Å². The van der Waals surface area contributed by atoms with Crippen LogP contribution in [0.5, 0.6) is 0 Å². The number of allylic oxidation sites excluding steroid dienone is 4. The first-order valence-electron chi connectivity index (χ1n) is 12.9. The summed E-state index contributed by atoms with van der Waals surface area (Å²) in [4.78, 5) is 15.9. The number of aliphatic hydroxyl groups excluding tert-OH is 1. The number of ketones is 1. The molecule has 2 heterocycles. The van der Waals surface area contributed by atoms with Gasteiger partial charge < -0.3 is 14.6 Å². The maximum Gasteiger partial charge on any atom is 0.178 e. The topological polar surface area (TPSA) is 68.7 Å². The number of hydrogen-bond donors (Lipinski definition) is 1. The molecule has 5 nitrogen and oxygen atoms in total. The van der Waals surface area contributed by atoms with E-state index in [1.807, 2.05) is 25.1 Å². The minimum atomic E-state index is -1.85. The lowest BCUT2D eigenvalue weighted by Crippen LogP contribution is -2.68. The Morgan fingerprint density at radius 2 is 2.11 bits per heavy atom. The van der Waals surface area contributed by atoms with Crippen LogP contribution < -0.4 is 0 Å². The predicted molar refractivity (Wildman–Crippen MR) is 131 cm³/mol. The van der Waals surface area contributed by atoms with Crippen LogP contribution in [0.4, 0.5) is 4.39 Å². The predicted octanol–water partition coefficient (Wildman–Crippen LogP) is 5.39. The van der Waals surface area contributed by atoms with Gasteiger partial charge in [0.1, 0.15) is 6.10 Å². The van der Waals surface area contributed by atoms with Crippen molar-refractivity contribution < 1.29 is 23.8 Å². The Bertz CT molecular complexity index is 1100. The van der Waals surface area contributed by atoms with E-state index in [9.17, 15) is 9.90 Å². The number of thioether (sulfide) groups is 1. The number of hydrogen-bond acceptors (Lipinski definition) is 6. The fourth-order valence-electron chi connectivity index (χ4n) is 8.04. The standard InChI is InChI=1S/C28H34FNO4S/c1-4-7-24-33-22-15-20-19-10-9-17-14-18(31)11-12-25(17,2)27(19,29)21(32)16-26(20,3)28(22,34-24)35-23-8-5-6-13-30-23/h5-6,8,11-14,19-22,24,32H,4,7,9-10,15-16H2,1-3H3/t19-,20-,21-,22+,24+,25-,26-,27-,28-/m0/s1. The molecular formula is C28H34FNO4S. The van der Waals surface area contributed by atoms with Crippen molar-refractivity contribution in [2.45, 2.75) is 93.4 Å². The van der Waals surface area contributed by atoms with Gasteiger partial charge in [-0.1, -0.05) is 49.7 Å². The number of pyridine rings is 1. The van der Waals surface area contributed by atoms with Crippen LogP contribution in [0.3, 0.4) is 0 Å². The van der Waals surface area contributed by atoms with Crippen molar-refractivity contribution in [2.75, 3.05) is 0 Å². The zero-order valence-corrected chi connectivity index (χ0v) is 21.4. The Kier molecular flexibility index (Phi) is 5.43. The molecule has 0 bridgehead atoms. The van der Waals surface area contributed by atoms with E-state index in [0.29, 0.717) is 19.3 Å². The average Bonchev–Trinajstić information content (AvgIpc) is 3.27. The van der Waals surface area contributed by atoms with Gasteiger partial charge in [0.2, 0.25) is 0 Å². The van der Waals surface area contributed by atoms with Gasteiger partial charge in [-0.05, 0) is 69.2 Å². The van der Waals surface area contributed by atoms with Crippen molar-refractivity contribution in [3.63, 3.8) is 0 Å². The maximum absolute atomic E-state index is 17.4. The molecule has 1 aromatic heterocycles. The zero-order valence-electron chi connectivity index (χ0n) is 20.6. The molecule has 0 aromatic carbocycles. The van der Waals surface area contributed by atoms with E-state index in [2.05, 4.69) is 18.8 Å². The van der Waals surface area contributed by atoms with E-state index in [4.69, 9.17) is 9.47 Å². The molecule has 9 atom stereocenters. The lowest BCUT2D eigenvalue weighted by Gasteiger charge is -2.62. The SMILES string of the molecule is CCC[C@@H]1O[C@@H]2C[C@H]3[C@@H]4CCC5=CC(=O)C=C[C@]5(C)[C@@]4(F)[C@@H](O)C[C@]3(C)[C@]2(Sc2ccccn2)O1. The number of carbonyl (C=O) groups excluding carboxylic acids is 1. The highest BCUT2D eigenvalue weighted by molar-refractivity contribution is 8.00. The van der Waals surface area contributed by atoms with E-state index < -0.39 is 27.5 Å². The molecule has 0 unspecified atom stereocenters. The summed E-state index contributed by atoms with van der Waals surface area (Å²) >= 11 is 1.58. The molecule has 6 rings (SSSR count). The first-order valence-corrected chi connectivity index (χ1v) is 13.7. The second-order valence-corrected chi connectivity index (χ2v) is 12.6. The number of alkyl halides is 1. The Labute approximate surface area is 210 Å². The van der Waals surface area contributed by atoms with Crippen molar-refractivity contribution in [3.8, 4) is 0 Å². The number of rotatable bonds is 4. The molecular weight excluding hydrogens is 465 g/mol. The first-order chi connectivity index (χ1) is 16.7. The highest BCUT2D eigenvalue weighted by Gasteiger charge is 2.77. The second-order valence-electron chi connectivity index (χ2n) is 11.4. The Morgan fingerprint density at radius 1 is 1.29 bits per heavy atom. The Morgan fingerprint density at radius 3 is 2.86 bits per heavy atom. The van der Waals surface area contributed by atoms with Gasteiger partial charge >= 0.3 is 0 Å². The summed E-state index contributed by atoms with van der Waals surface area (Å²) in [6.45, 7) is 6.14. The van der Waals surface area contributed by atoms with Crippen LogP contribution in [0.15, 0.2) is 53.2 Å². The van der Waals surface area contributed by atoms with E-state index in [0.717, 1.165) is 23.4 Å². The highest BCUT2D eigenvalue weighted by atomic mass is 32.2. The second kappa shape index (κ2) is 7.98. The number of aromatic nitrogens is 1. The number of fused-ring (bicyclic) bond motifs is 7. The van der Waals surface area contributed by atoms with Crippen molar-refractivity contribution in [1.82, 2.24) is 4.98 Å². The largest absolute Gasteiger partial charge is 0.390 e. The van der Waals surface area contributed by atoms with Gasteiger partial charge in [-0.15, -0.1) is 0 Å². The van der Waals surface area contributed by atoms with E-state index >= 15 is 4.39 Å². The first kappa shape index (κ1) is 23.8. The monoisotopic (exact) mass is 499 g/mol. The molecule has 4 aliphatic carbocycles. The number of aliphatic hydroxyl groups is 1. The molecule has 7 heteroatoms. The molecule has 188 valence electrons. The lowest BCUT2D eigenvalue weighted by molar-refractivity contribution is -0.217. The Balaban J connectivity index is 1.43. The summed E-state index contributed by atoms with van der Waals surface area (Å²) in [5, 5.41) is 12.5. The molecule has 1 N–H and O–H groups in total. The van der Waals surface area contributed by atoms with Gasteiger partial charge in [0.05, 0.1) is 11.1 Å². The summed E-state index contributed by atoms with van der Waals surface area (Å²) in [7, 11) is 0. The van der Waals surface area contributed by atoms with Crippen molar-refractivity contribution in [2.24, 2.45) is 22.7 Å². The van der Waals surface area contributed by atoms with Crippen LogP contribution in [0.2, 0.25) is 0 Å². The molecule has 0 spiro atoms. The maximum atomic E-state index is 17.4. The van der Waals surface area contributed by atoms with Crippen LogP contribution in [-0.2, 0) is 14.3 Å². The van der Waals surface area contributed by atoms with Crippen molar-refractivity contribution >= 4 is 17.5 Å². The summed E-state index contributed by atoms with van der Waals surface area (Å²) < 4.78 is 30.7. The summed E-state index contributed by atoms with van der Waals surface area (Å²) in [5.74, 6) is -0.483. The number of carbonyl (C=O) groups is 1. The van der Waals surface area contributed by atoms with Crippen LogP contribution in [-0.4, -0.2) is 45.0 Å². The van der Waals surface area contributed by atoms with Crippen molar-refractivity contribution in [1.29, 1.82) is 0 Å². The fourth-order valence-corrected chi connectivity index (χ4v) is 9.52. The average molecular weight is 500 g/mol. The van der Waals surface area contributed by atoms with Crippen LogP contribution in [0.25, 0.3) is 0 Å². The van der Waals surface area contributed by atoms with Gasteiger partial charge in [0.15, 0.2) is 22.7 Å². The van der Waals surface area contributed by atoms with Gasteiger partial charge in [-0.3, -0.25) is 4.79 Å². The molecule has 1 aromatic rings. The lowest BCUT2D eigenvalue weighted by atomic mass is 9.45. The fraction of sp³-hybridized carbons (Fsp3) is 0.643. The molecule has 1 saturated heterocycles. The van der Waals surface area contributed by atoms with Crippen LogP contribution >= 0.6 is 11.8 Å². The summed E-state index contributed by atoms with van der Waals surface area (Å²) in [6.07, 6.45) is 8.81. The van der Waals surface area contributed by atoms with E-state index in [1.165, 1.54) is 6.08 Å². The number of halogens is 1. The number of ether oxygens (including phenoxy) is 2. The van der Waals surface area contributed by atoms with E-state index in [1.54, 1.807) is 30.1 Å². The third-order valence-electron chi connectivity index (χ3n) is 9.76. The molecule has 0 amide bonds. The third-order valence-corrected chi connectivity index (χ3v) is 11.3. The highest BCUT2D eigenvalue weighted by Crippen LogP contribution is 2.74. The third kappa shape index (κ3) is 3.04. The normalized spacial score (nSPS) is 48.1. The Hall–Kier alpha value is -1.54. The molecule has 4 fully saturated rings. The van der Waals surface area contributed by atoms with Crippen LogP contribution in [0, 0.1) is 22.7 Å². The smallest absolute Gasteiger partial charge is 0.178 e. The van der Waals surface area contributed by atoms with Gasteiger partial charge in [-0.25, -0.2) is 9.37 Å². The van der Waals surface area contributed by atoms with Crippen LogP contribution in [0.1, 0.15) is 59.3 Å². The summed E-state index contributed by atoms with van der Waals surface area (Å²) in [6, 6.07) is 5.83. The summed E-state index contributed by atoms with van der Waals surface area (Å²) in [5.41, 5.74) is -2.54. The van der Waals surface area contributed by atoms with Crippen molar-refractivity contribution in [3.05, 3.63) is 48.2 Å². The molecule has 5 aliphatic rings. The molecule has 0 radical (unpaired) electrons. The minimum Gasteiger partial charge on any atom is -0.390 e. The zero-order chi connectivity index (χ0) is 24.6. The van der Waals surface area contributed by atoms with Gasteiger partial charge in [-0.2, -0.15) is 0 Å². The minimum absolute atomic E-state index is 0.0240. The molecule has 3 saturated carbocycles. The number of nitrogens with zero attached hydrogens (tertiary/aromatic N) is 1.